The lowest BCUT2D eigenvalue weighted by Crippen LogP contribution is -2.57. The molecule has 0 aromatic heterocycles. The molecule has 5 amide bonds. The van der Waals surface area contributed by atoms with Crippen molar-refractivity contribution in [1.29, 1.82) is 0 Å². The molecular weight excluding hydrogens is 476 g/mol. The van der Waals surface area contributed by atoms with Crippen LogP contribution in [0, 0.1) is 0 Å². The first-order valence-corrected chi connectivity index (χ1v) is 11.8. The molecule has 0 aliphatic carbocycles. The zero-order valence-corrected chi connectivity index (χ0v) is 20.4. The van der Waals surface area contributed by atoms with Gasteiger partial charge in [-0.15, -0.1) is 0 Å². The van der Waals surface area contributed by atoms with Crippen molar-refractivity contribution in [2.24, 2.45) is 28.7 Å². The molecular formula is C21H40N8O7. The van der Waals surface area contributed by atoms with Crippen LogP contribution < -0.4 is 44.6 Å². The van der Waals surface area contributed by atoms with E-state index in [9.17, 15) is 33.9 Å². The van der Waals surface area contributed by atoms with Crippen molar-refractivity contribution in [3.63, 3.8) is 0 Å². The van der Waals surface area contributed by atoms with Crippen LogP contribution in [-0.2, 0) is 28.8 Å². The second-order valence-electron chi connectivity index (χ2n) is 8.37. The van der Waals surface area contributed by atoms with Gasteiger partial charge in [-0.2, -0.15) is 0 Å². The van der Waals surface area contributed by atoms with Crippen LogP contribution in [0.3, 0.4) is 0 Å². The smallest absolute Gasteiger partial charge is 0.326 e. The van der Waals surface area contributed by atoms with Gasteiger partial charge in [0.05, 0.1) is 12.5 Å². The fourth-order valence-corrected chi connectivity index (χ4v) is 3.20. The number of aliphatic carboxylic acids is 1. The Morgan fingerprint density at radius 1 is 0.639 bits per heavy atom. The predicted octanol–water partition coefficient (Wildman–Crippen LogP) is -3.75. The number of nitrogens with two attached hydrogens (primary N) is 5. The third-order valence-electron chi connectivity index (χ3n) is 5.21. The summed E-state index contributed by atoms with van der Waals surface area (Å²) in [6.45, 7) is 0.700. The lowest BCUT2D eigenvalue weighted by Gasteiger charge is -2.25. The maximum atomic E-state index is 13.0. The Morgan fingerprint density at radius 3 is 1.53 bits per heavy atom. The number of amides is 5. The molecule has 14 N–H and O–H groups in total. The molecule has 0 aromatic carbocycles. The lowest BCUT2D eigenvalue weighted by molar-refractivity contribution is -0.142. The average Bonchev–Trinajstić information content (AvgIpc) is 2.79. The number of rotatable bonds is 20. The Hall–Kier alpha value is -3.30. The second kappa shape index (κ2) is 18.0. The van der Waals surface area contributed by atoms with Crippen LogP contribution in [0.5, 0.6) is 0 Å². The molecule has 0 saturated heterocycles. The Morgan fingerprint density at radius 2 is 1.08 bits per heavy atom. The lowest BCUT2D eigenvalue weighted by atomic mass is 10.0. The van der Waals surface area contributed by atoms with Gasteiger partial charge in [0.1, 0.15) is 18.1 Å². The third-order valence-corrected chi connectivity index (χ3v) is 5.21. The van der Waals surface area contributed by atoms with Gasteiger partial charge in [0.2, 0.25) is 29.5 Å². The van der Waals surface area contributed by atoms with Crippen molar-refractivity contribution in [1.82, 2.24) is 16.0 Å². The molecule has 0 aliphatic rings. The van der Waals surface area contributed by atoms with E-state index in [1.54, 1.807) is 0 Å². The van der Waals surface area contributed by atoms with Crippen molar-refractivity contribution >= 4 is 35.5 Å². The van der Waals surface area contributed by atoms with Crippen LogP contribution in [0.1, 0.15) is 57.8 Å². The number of primary amides is 2. The van der Waals surface area contributed by atoms with E-state index in [1.807, 2.05) is 0 Å². The van der Waals surface area contributed by atoms with Crippen molar-refractivity contribution in [3.8, 4) is 0 Å². The van der Waals surface area contributed by atoms with Gasteiger partial charge in [-0.25, -0.2) is 4.79 Å². The Bertz CT molecular complexity index is 765. The first kappa shape index (κ1) is 32.7. The number of carbonyl (C=O) groups is 6. The summed E-state index contributed by atoms with van der Waals surface area (Å²) in [5.41, 5.74) is 26.8. The van der Waals surface area contributed by atoms with Crippen molar-refractivity contribution in [2.45, 2.75) is 82.0 Å². The minimum absolute atomic E-state index is 0.115. The van der Waals surface area contributed by atoms with Gasteiger partial charge in [-0.1, -0.05) is 0 Å². The van der Waals surface area contributed by atoms with Gasteiger partial charge in [0.15, 0.2) is 0 Å². The molecule has 0 rings (SSSR count). The molecule has 0 bridgehead atoms. The van der Waals surface area contributed by atoms with E-state index in [1.165, 1.54) is 0 Å². The molecule has 206 valence electrons. The average molecular weight is 517 g/mol. The summed E-state index contributed by atoms with van der Waals surface area (Å²) >= 11 is 0. The zero-order chi connectivity index (χ0) is 27.7. The number of unbranched alkanes of at least 4 members (excludes halogenated alkanes) is 2. The van der Waals surface area contributed by atoms with Crippen LogP contribution in [-0.4, -0.2) is 77.9 Å². The van der Waals surface area contributed by atoms with Crippen LogP contribution in [0.15, 0.2) is 0 Å². The number of hydrogen-bond donors (Lipinski definition) is 9. The normalized spacial score (nSPS) is 14.1. The van der Waals surface area contributed by atoms with Gasteiger partial charge in [0.25, 0.3) is 0 Å². The van der Waals surface area contributed by atoms with Gasteiger partial charge < -0.3 is 49.7 Å². The molecule has 0 aromatic rings. The summed E-state index contributed by atoms with van der Waals surface area (Å²) in [4.78, 5) is 72.0. The first-order valence-electron chi connectivity index (χ1n) is 11.8. The van der Waals surface area contributed by atoms with Crippen molar-refractivity contribution in [3.05, 3.63) is 0 Å². The standard InChI is InChI=1S/C21H40N8O7/c22-9-3-1-5-13(27-18(32)12(24)11-17(26)31)19(33)28-14(7-8-16(25)30)20(34)29-15(21(35)36)6-2-4-10-23/h12-15H,1-11,22-24H2,(H2,25,30)(H2,26,31)(H,27,32)(H,28,33)(H,29,34)(H,35,36). The number of carboxylic acid groups (broad SMARTS) is 1. The van der Waals surface area contributed by atoms with Crippen molar-refractivity contribution in [2.75, 3.05) is 13.1 Å². The van der Waals surface area contributed by atoms with E-state index in [4.69, 9.17) is 28.7 Å². The molecule has 0 heterocycles. The highest BCUT2D eigenvalue weighted by Gasteiger charge is 2.30. The van der Waals surface area contributed by atoms with Gasteiger partial charge >= 0.3 is 5.97 Å². The Balaban J connectivity index is 5.55. The maximum absolute atomic E-state index is 13.0. The van der Waals surface area contributed by atoms with E-state index in [0.717, 1.165) is 0 Å². The number of carboxylic acids is 1. The van der Waals surface area contributed by atoms with Gasteiger partial charge in [-0.05, 0) is 58.0 Å². The highest BCUT2D eigenvalue weighted by Crippen LogP contribution is 2.07. The molecule has 0 aliphatic heterocycles. The molecule has 15 heteroatoms. The summed E-state index contributed by atoms with van der Waals surface area (Å²) in [6.07, 6.45) is 1.35. The predicted molar refractivity (Wildman–Crippen MR) is 129 cm³/mol. The molecule has 0 radical (unpaired) electrons. The molecule has 36 heavy (non-hydrogen) atoms. The topological polar surface area (TPSA) is 289 Å². The first-order chi connectivity index (χ1) is 16.9. The number of carbonyl (C=O) groups excluding carboxylic acids is 5. The van der Waals surface area contributed by atoms with Crippen molar-refractivity contribution < 1.29 is 33.9 Å². The highest BCUT2D eigenvalue weighted by atomic mass is 16.4. The van der Waals surface area contributed by atoms with Gasteiger partial charge in [-0.3, -0.25) is 24.0 Å². The van der Waals surface area contributed by atoms with Crippen LogP contribution in [0.2, 0.25) is 0 Å². The van der Waals surface area contributed by atoms with Gasteiger partial charge in [0, 0.05) is 6.42 Å². The summed E-state index contributed by atoms with van der Waals surface area (Å²) in [6, 6.07) is -4.98. The van der Waals surface area contributed by atoms with Crippen LogP contribution in [0.25, 0.3) is 0 Å². The van der Waals surface area contributed by atoms with Crippen LogP contribution >= 0.6 is 0 Å². The van der Waals surface area contributed by atoms with Crippen LogP contribution in [0.4, 0.5) is 0 Å². The minimum Gasteiger partial charge on any atom is -0.480 e. The maximum Gasteiger partial charge on any atom is 0.326 e. The molecule has 4 unspecified atom stereocenters. The summed E-state index contributed by atoms with van der Waals surface area (Å²) in [5.74, 6) is -5.20. The summed E-state index contributed by atoms with van der Waals surface area (Å²) < 4.78 is 0. The Labute approximate surface area is 209 Å². The minimum atomic E-state index is -1.31. The molecule has 0 spiro atoms. The number of hydrogen-bond acceptors (Lipinski definition) is 9. The fourth-order valence-electron chi connectivity index (χ4n) is 3.20. The Kier molecular flexibility index (Phi) is 16.4. The van der Waals surface area contributed by atoms with E-state index in [-0.39, 0.29) is 25.7 Å². The SMILES string of the molecule is NCCCCC(NC(=O)C(CCC(N)=O)NC(=O)C(CCCCN)NC(=O)C(N)CC(N)=O)C(=O)O. The third kappa shape index (κ3) is 14.2. The summed E-state index contributed by atoms with van der Waals surface area (Å²) in [7, 11) is 0. The largest absolute Gasteiger partial charge is 0.480 e. The molecule has 15 nitrogen and oxygen atoms in total. The molecule has 0 saturated carbocycles. The fraction of sp³-hybridized carbons (Fsp3) is 0.714. The van der Waals surface area contributed by atoms with E-state index >= 15 is 0 Å². The quantitative estimate of drug-likeness (QED) is 0.0712. The monoisotopic (exact) mass is 516 g/mol. The highest BCUT2D eigenvalue weighted by molar-refractivity contribution is 5.95. The van der Waals surface area contributed by atoms with E-state index < -0.39 is 66.1 Å². The van der Waals surface area contributed by atoms with E-state index in [0.29, 0.717) is 38.8 Å². The molecule has 0 fully saturated rings. The zero-order valence-electron chi connectivity index (χ0n) is 20.4. The molecule has 4 atom stereocenters. The summed E-state index contributed by atoms with van der Waals surface area (Å²) in [5, 5.41) is 16.6. The van der Waals surface area contributed by atoms with E-state index in [2.05, 4.69) is 16.0 Å². The number of nitrogens with one attached hydrogen (secondary N) is 3. The second-order valence-corrected chi connectivity index (χ2v) is 8.37.